The van der Waals surface area contributed by atoms with Crippen LogP contribution in [0.15, 0.2) is 24.4 Å². The Balaban J connectivity index is 1.50. The molecule has 174 valence electrons. The quantitative estimate of drug-likeness (QED) is 0.474. The lowest BCUT2D eigenvalue weighted by Gasteiger charge is -2.19. The van der Waals surface area contributed by atoms with E-state index in [4.69, 9.17) is 5.11 Å². The zero-order valence-electron chi connectivity index (χ0n) is 17.6. The monoisotopic (exact) mass is 453 g/mol. The summed E-state index contributed by atoms with van der Waals surface area (Å²) in [5.41, 5.74) is 0.262. The second kappa shape index (κ2) is 10.0. The molecule has 1 saturated carbocycles. The van der Waals surface area contributed by atoms with Gasteiger partial charge in [-0.05, 0) is 50.2 Å². The molecule has 0 spiro atoms. The third kappa shape index (κ3) is 6.44. The molecule has 0 aliphatic heterocycles. The summed E-state index contributed by atoms with van der Waals surface area (Å²) in [4.78, 5) is 26.8. The van der Waals surface area contributed by atoms with E-state index in [0.29, 0.717) is 17.9 Å². The smallest absolute Gasteiger partial charge is 0.417 e. The predicted molar refractivity (Wildman–Crippen MR) is 110 cm³/mol. The first-order chi connectivity index (χ1) is 15.1. The predicted octanol–water partition coefficient (Wildman–Crippen LogP) is 4.32. The van der Waals surface area contributed by atoms with Gasteiger partial charge in [-0.2, -0.15) is 18.3 Å². The first-order valence-electron chi connectivity index (χ1n) is 10.5. The highest BCUT2D eigenvalue weighted by Crippen LogP contribution is 2.40. The summed E-state index contributed by atoms with van der Waals surface area (Å²) in [6.07, 6.45) is -0.569. The van der Waals surface area contributed by atoms with E-state index >= 15 is 0 Å². The number of rotatable bonds is 8. The van der Waals surface area contributed by atoms with Gasteiger partial charge in [0.25, 0.3) is 0 Å². The van der Waals surface area contributed by atoms with Crippen molar-refractivity contribution in [3.8, 4) is 0 Å². The van der Waals surface area contributed by atoms with Gasteiger partial charge in [-0.15, -0.1) is 0 Å². The number of amides is 2. The summed E-state index contributed by atoms with van der Waals surface area (Å²) < 4.78 is 37.8. The van der Waals surface area contributed by atoms with Gasteiger partial charge in [-0.3, -0.25) is 14.9 Å². The van der Waals surface area contributed by atoms with E-state index in [1.807, 2.05) is 6.92 Å². The molecule has 2 amide bonds. The molecule has 1 aliphatic rings. The number of carbonyl (C=O) groups is 2. The lowest BCUT2D eigenvalue weighted by atomic mass is 9.95. The van der Waals surface area contributed by atoms with Gasteiger partial charge in [0.05, 0.1) is 12.0 Å². The first kappa shape index (κ1) is 23.6. The molecule has 1 fully saturated rings. The van der Waals surface area contributed by atoms with Crippen LogP contribution in [0.25, 0.3) is 0 Å². The van der Waals surface area contributed by atoms with Crippen LogP contribution in [-0.2, 0) is 17.4 Å². The second-order valence-electron chi connectivity index (χ2n) is 8.14. The highest BCUT2D eigenvalue weighted by Gasteiger charge is 2.31. The van der Waals surface area contributed by atoms with Crippen molar-refractivity contribution in [1.82, 2.24) is 20.5 Å². The summed E-state index contributed by atoms with van der Waals surface area (Å²) in [7, 11) is 0. The SMILES string of the molecule is CCC(CC1CCC(c2cc(NC(=O)Cc3ccc(C(F)(F)F)cn3)n[nH]2)C1)NC(=O)O. The fourth-order valence-electron chi connectivity index (χ4n) is 4.13. The molecule has 32 heavy (non-hydrogen) atoms. The normalized spacial score (nSPS) is 19.5. The van der Waals surface area contributed by atoms with E-state index in [0.717, 1.165) is 43.9 Å². The third-order valence-electron chi connectivity index (χ3n) is 5.78. The Kier molecular flexibility index (Phi) is 7.37. The van der Waals surface area contributed by atoms with Crippen LogP contribution in [0.3, 0.4) is 0 Å². The summed E-state index contributed by atoms with van der Waals surface area (Å²) >= 11 is 0. The topological polar surface area (TPSA) is 120 Å². The fraction of sp³-hybridized carbons (Fsp3) is 0.524. The van der Waals surface area contributed by atoms with Gasteiger partial charge in [0.15, 0.2) is 5.82 Å². The lowest BCUT2D eigenvalue weighted by molar-refractivity contribution is -0.137. The van der Waals surface area contributed by atoms with E-state index < -0.39 is 23.7 Å². The number of H-pyrrole nitrogens is 1. The molecule has 11 heteroatoms. The molecule has 0 saturated heterocycles. The molecular weight excluding hydrogens is 427 g/mol. The van der Waals surface area contributed by atoms with E-state index in [9.17, 15) is 22.8 Å². The minimum absolute atomic E-state index is 0.0633. The number of anilines is 1. The summed E-state index contributed by atoms with van der Waals surface area (Å²) in [6.45, 7) is 1.96. The number of aromatic amines is 1. The molecule has 2 aromatic heterocycles. The average molecular weight is 453 g/mol. The molecule has 2 heterocycles. The second-order valence-corrected chi connectivity index (χ2v) is 8.14. The summed E-state index contributed by atoms with van der Waals surface area (Å²) in [6, 6.07) is 3.78. The number of alkyl halides is 3. The minimum Gasteiger partial charge on any atom is -0.465 e. The van der Waals surface area contributed by atoms with Gasteiger partial charge in [-0.1, -0.05) is 6.92 Å². The van der Waals surface area contributed by atoms with Crippen molar-refractivity contribution in [3.63, 3.8) is 0 Å². The molecule has 8 nitrogen and oxygen atoms in total. The zero-order chi connectivity index (χ0) is 23.3. The maximum atomic E-state index is 12.6. The Morgan fingerprint density at radius 1 is 1.31 bits per heavy atom. The van der Waals surface area contributed by atoms with Gasteiger partial charge in [0, 0.05) is 35.6 Å². The largest absolute Gasteiger partial charge is 0.465 e. The molecule has 0 radical (unpaired) electrons. The molecule has 1 aliphatic carbocycles. The van der Waals surface area contributed by atoms with Crippen molar-refractivity contribution >= 4 is 17.8 Å². The number of hydrogen-bond donors (Lipinski definition) is 4. The summed E-state index contributed by atoms with van der Waals surface area (Å²) in [5.74, 6) is 0.574. The molecule has 3 unspecified atom stereocenters. The fourth-order valence-corrected chi connectivity index (χ4v) is 4.13. The number of carboxylic acid groups (broad SMARTS) is 1. The third-order valence-corrected chi connectivity index (χ3v) is 5.78. The van der Waals surface area contributed by atoms with Crippen LogP contribution in [0.2, 0.25) is 0 Å². The van der Waals surface area contributed by atoms with Crippen molar-refractivity contribution in [2.75, 3.05) is 5.32 Å². The zero-order valence-corrected chi connectivity index (χ0v) is 17.6. The molecule has 2 aromatic rings. The molecule has 3 rings (SSSR count). The molecule has 3 atom stereocenters. The van der Waals surface area contributed by atoms with Crippen LogP contribution < -0.4 is 10.6 Å². The molecule has 0 aromatic carbocycles. The van der Waals surface area contributed by atoms with Crippen molar-refractivity contribution in [3.05, 3.63) is 41.3 Å². The van der Waals surface area contributed by atoms with Gasteiger partial charge < -0.3 is 15.7 Å². The highest BCUT2D eigenvalue weighted by atomic mass is 19.4. The molecule has 4 N–H and O–H groups in total. The Hall–Kier alpha value is -3.11. The Labute approximate surface area is 183 Å². The number of aromatic nitrogens is 3. The standard InChI is InChI=1S/C21H26F3N5O3/c1-2-15(26-20(31)32)8-12-3-4-13(7-12)17-10-18(29-28-17)27-19(30)9-16-6-5-14(11-25-16)21(22,23)24/h5-6,10-13,15,26H,2-4,7-9H2,1H3,(H,31,32)(H2,27,28,29,30). The Morgan fingerprint density at radius 2 is 2.09 bits per heavy atom. The van der Waals surface area contributed by atoms with Crippen LogP contribution in [0.1, 0.15) is 61.9 Å². The number of halogens is 3. The van der Waals surface area contributed by atoms with Gasteiger partial charge in [0.2, 0.25) is 5.91 Å². The summed E-state index contributed by atoms with van der Waals surface area (Å²) in [5, 5.41) is 21.2. The van der Waals surface area contributed by atoms with Crippen LogP contribution in [-0.4, -0.2) is 38.3 Å². The van der Waals surface area contributed by atoms with Crippen molar-refractivity contribution in [1.29, 1.82) is 0 Å². The van der Waals surface area contributed by atoms with Gasteiger partial charge in [-0.25, -0.2) is 4.79 Å². The van der Waals surface area contributed by atoms with Crippen LogP contribution >= 0.6 is 0 Å². The van der Waals surface area contributed by atoms with Crippen LogP contribution in [0, 0.1) is 5.92 Å². The Morgan fingerprint density at radius 3 is 2.72 bits per heavy atom. The number of pyridine rings is 1. The first-order valence-corrected chi connectivity index (χ1v) is 10.5. The van der Waals surface area contributed by atoms with Crippen LogP contribution in [0.5, 0.6) is 0 Å². The highest BCUT2D eigenvalue weighted by molar-refractivity contribution is 5.91. The average Bonchev–Trinajstić information content (AvgIpc) is 3.36. The van der Waals surface area contributed by atoms with Crippen molar-refractivity contribution < 1.29 is 27.9 Å². The number of nitrogens with zero attached hydrogens (tertiary/aromatic N) is 2. The van der Waals surface area contributed by atoms with Crippen LogP contribution in [0.4, 0.5) is 23.8 Å². The minimum atomic E-state index is -4.47. The van der Waals surface area contributed by atoms with E-state index in [1.165, 1.54) is 6.07 Å². The Bertz CT molecular complexity index is 930. The van der Waals surface area contributed by atoms with E-state index in [-0.39, 0.29) is 24.1 Å². The maximum Gasteiger partial charge on any atom is 0.417 e. The lowest BCUT2D eigenvalue weighted by Crippen LogP contribution is -2.34. The van der Waals surface area contributed by atoms with Crippen molar-refractivity contribution in [2.24, 2.45) is 5.92 Å². The maximum absolute atomic E-state index is 12.6. The number of carbonyl (C=O) groups excluding carboxylic acids is 1. The van der Waals surface area contributed by atoms with E-state index in [1.54, 1.807) is 6.07 Å². The molecular formula is C21H26F3N5O3. The van der Waals surface area contributed by atoms with Gasteiger partial charge >= 0.3 is 12.3 Å². The molecule has 0 bridgehead atoms. The van der Waals surface area contributed by atoms with E-state index in [2.05, 4.69) is 25.8 Å². The van der Waals surface area contributed by atoms with Crippen molar-refractivity contribution in [2.45, 2.75) is 63.6 Å². The number of hydrogen-bond acceptors (Lipinski definition) is 4. The van der Waals surface area contributed by atoms with Gasteiger partial charge in [0.1, 0.15) is 0 Å². The number of nitrogens with one attached hydrogen (secondary N) is 3.